The third kappa shape index (κ3) is 6.41. The minimum Gasteiger partial charge on any atom is -0.481 e. The van der Waals surface area contributed by atoms with E-state index in [4.69, 9.17) is 5.11 Å². The Balaban J connectivity index is 1.50. The molecule has 0 aliphatic heterocycles. The van der Waals surface area contributed by atoms with Crippen molar-refractivity contribution in [3.05, 3.63) is 102 Å². The summed E-state index contributed by atoms with van der Waals surface area (Å²) in [6.45, 7) is 1.95. The van der Waals surface area contributed by atoms with Crippen molar-refractivity contribution in [3.63, 3.8) is 0 Å². The summed E-state index contributed by atoms with van der Waals surface area (Å²) in [4.78, 5) is 12.0. The quantitative estimate of drug-likeness (QED) is 0.409. The molecule has 3 aromatic rings. The van der Waals surface area contributed by atoms with Crippen molar-refractivity contribution in [2.24, 2.45) is 0 Å². The third-order valence-electron chi connectivity index (χ3n) is 4.41. The van der Waals surface area contributed by atoms with Gasteiger partial charge in [0.2, 0.25) is 0 Å². The first-order chi connectivity index (χ1) is 14.1. The second kappa shape index (κ2) is 10.4. The lowest BCUT2D eigenvalue weighted by Gasteiger charge is -2.05. The van der Waals surface area contributed by atoms with E-state index in [1.165, 1.54) is 11.1 Å². The lowest BCUT2D eigenvalue weighted by atomic mass is 10.0. The Morgan fingerprint density at radius 1 is 1.00 bits per heavy atom. The highest BCUT2D eigenvalue weighted by Crippen LogP contribution is 2.22. The largest absolute Gasteiger partial charge is 0.481 e. The number of rotatable bonds is 6. The van der Waals surface area contributed by atoms with E-state index in [0.717, 1.165) is 27.3 Å². The Morgan fingerprint density at radius 3 is 2.41 bits per heavy atom. The first kappa shape index (κ1) is 20.5. The summed E-state index contributed by atoms with van der Waals surface area (Å²) in [6.07, 6.45) is 3.98. The summed E-state index contributed by atoms with van der Waals surface area (Å²) >= 11 is 1.71. The van der Waals surface area contributed by atoms with E-state index < -0.39 is 5.97 Å². The Labute approximate surface area is 176 Å². The van der Waals surface area contributed by atoms with Crippen LogP contribution < -0.4 is 0 Å². The molecule has 0 aliphatic carbocycles. The van der Waals surface area contributed by atoms with Crippen LogP contribution in [0.15, 0.2) is 89.8 Å². The molecule has 0 fully saturated rings. The van der Waals surface area contributed by atoms with Gasteiger partial charge in [0, 0.05) is 16.2 Å². The fourth-order valence-corrected chi connectivity index (χ4v) is 3.68. The van der Waals surface area contributed by atoms with E-state index in [1.54, 1.807) is 11.8 Å². The van der Waals surface area contributed by atoms with Crippen LogP contribution in [0.4, 0.5) is 0 Å². The molecule has 0 unspecified atom stereocenters. The molecule has 0 saturated heterocycles. The zero-order chi connectivity index (χ0) is 20.5. The number of hydrogen-bond acceptors (Lipinski definition) is 2. The smallest absolute Gasteiger partial charge is 0.307 e. The average molecular weight is 399 g/mol. The third-order valence-corrected chi connectivity index (χ3v) is 5.36. The van der Waals surface area contributed by atoms with Crippen molar-refractivity contribution < 1.29 is 9.90 Å². The Hall–Kier alpha value is -3.22. The van der Waals surface area contributed by atoms with Gasteiger partial charge in [-0.1, -0.05) is 66.4 Å². The van der Waals surface area contributed by atoms with E-state index in [1.807, 2.05) is 67.6 Å². The Bertz CT molecular complexity index is 1060. The van der Waals surface area contributed by atoms with E-state index >= 15 is 0 Å². The fraction of sp³-hybridized carbons (Fsp3) is 0.115. The molecule has 0 bridgehead atoms. The van der Waals surface area contributed by atoms with Gasteiger partial charge in [0.05, 0.1) is 6.42 Å². The maximum Gasteiger partial charge on any atom is 0.307 e. The predicted molar refractivity (Wildman–Crippen MR) is 121 cm³/mol. The van der Waals surface area contributed by atoms with Crippen LogP contribution in [0.2, 0.25) is 0 Å². The zero-order valence-corrected chi connectivity index (χ0v) is 17.1. The number of aliphatic carboxylic acids is 1. The zero-order valence-electron chi connectivity index (χ0n) is 16.3. The maximum atomic E-state index is 10.8. The molecule has 0 amide bonds. The first-order valence-corrected chi connectivity index (χ1v) is 10.4. The summed E-state index contributed by atoms with van der Waals surface area (Å²) in [6, 6.07) is 24.5. The molecule has 1 N–H and O–H groups in total. The van der Waals surface area contributed by atoms with Gasteiger partial charge in [-0.2, -0.15) is 0 Å². The Kier molecular flexibility index (Phi) is 7.33. The van der Waals surface area contributed by atoms with Crippen LogP contribution in [0.25, 0.3) is 11.1 Å². The molecule has 29 heavy (non-hydrogen) atoms. The van der Waals surface area contributed by atoms with Crippen LogP contribution in [-0.2, 0) is 11.2 Å². The monoisotopic (exact) mass is 398 g/mol. The first-order valence-electron chi connectivity index (χ1n) is 9.38. The number of hydrogen-bond donors (Lipinski definition) is 1. The minimum absolute atomic E-state index is 0.0681. The molecule has 144 valence electrons. The van der Waals surface area contributed by atoms with E-state index in [0.29, 0.717) is 0 Å². The van der Waals surface area contributed by atoms with Gasteiger partial charge in [0.15, 0.2) is 0 Å². The minimum atomic E-state index is -0.801. The Morgan fingerprint density at radius 2 is 1.72 bits per heavy atom. The van der Waals surface area contributed by atoms with E-state index in [2.05, 4.69) is 36.1 Å². The van der Waals surface area contributed by atoms with Gasteiger partial charge in [0.1, 0.15) is 0 Å². The van der Waals surface area contributed by atoms with Crippen LogP contribution >= 0.6 is 11.8 Å². The molecule has 0 heterocycles. The number of aryl methyl sites for hydroxylation is 1. The van der Waals surface area contributed by atoms with Gasteiger partial charge in [-0.3, -0.25) is 4.79 Å². The van der Waals surface area contributed by atoms with Gasteiger partial charge >= 0.3 is 5.97 Å². The second-order valence-corrected chi connectivity index (χ2v) is 7.68. The molecule has 0 spiro atoms. The molecular formula is C26H22O2S. The molecule has 0 saturated carbocycles. The number of thioether (sulfide) groups is 1. The fourth-order valence-electron chi connectivity index (χ4n) is 2.87. The van der Waals surface area contributed by atoms with Gasteiger partial charge in [-0.15, -0.1) is 11.8 Å². The highest BCUT2D eigenvalue weighted by Gasteiger charge is 2.04. The van der Waals surface area contributed by atoms with Crippen LogP contribution in [0.3, 0.4) is 0 Å². The van der Waals surface area contributed by atoms with Crippen molar-refractivity contribution >= 4 is 17.7 Å². The SMILES string of the molecule is Cc1cc(SCC=CC#Cc2ccc(-c3ccccc3)cc2)ccc1CC(=O)O. The van der Waals surface area contributed by atoms with Crippen LogP contribution in [-0.4, -0.2) is 16.8 Å². The summed E-state index contributed by atoms with van der Waals surface area (Å²) in [5, 5.41) is 8.91. The number of carbonyl (C=O) groups is 1. The van der Waals surface area contributed by atoms with Crippen LogP contribution in [0, 0.1) is 18.8 Å². The van der Waals surface area contributed by atoms with Crippen molar-refractivity contribution in [1.82, 2.24) is 0 Å². The van der Waals surface area contributed by atoms with Gasteiger partial charge in [0.25, 0.3) is 0 Å². The molecule has 0 atom stereocenters. The topological polar surface area (TPSA) is 37.3 Å². The number of allylic oxidation sites excluding steroid dienone is 1. The molecule has 0 aliphatic rings. The lowest BCUT2D eigenvalue weighted by Crippen LogP contribution is -2.01. The highest BCUT2D eigenvalue weighted by molar-refractivity contribution is 7.99. The number of carboxylic acid groups (broad SMARTS) is 1. The highest BCUT2D eigenvalue weighted by atomic mass is 32.2. The second-order valence-electron chi connectivity index (χ2n) is 6.58. The molecule has 2 nitrogen and oxygen atoms in total. The number of benzene rings is 3. The lowest BCUT2D eigenvalue weighted by molar-refractivity contribution is -0.136. The van der Waals surface area contributed by atoms with Crippen LogP contribution in [0.1, 0.15) is 16.7 Å². The molecular weight excluding hydrogens is 376 g/mol. The van der Waals surface area contributed by atoms with Gasteiger partial charge in [-0.05, 0) is 59.5 Å². The summed E-state index contributed by atoms with van der Waals surface area (Å²) < 4.78 is 0. The van der Waals surface area contributed by atoms with E-state index in [-0.39, 0.29) is 6.42 Å². The predicted octanol–water partition coefficient (Wildman–Crippen LogP) is 5.99. The van der Waals surface area contributed by atoms with E-state index in [9.17, 15) is 4.79 Å². The van der Waals surface area contributed by atoms with Crippen molar-refractivity contribution in [2.45, 2.75) is 18.2 Å². The molecule has 3 heteroatoms. The van der Waals surface area contributed by atoms with Crippen LogP contribution in [0.5, 0.6) is 0 Å². The molecule has 0 aromatic heterocycles. The number of carboxylic acids is 1. The summed E-state index contributed by atoms with van der Waals surface area (Å²) in [7, 11) is 0. The molecule has 3 aromatic carbocycles. The molecule has 3 rings (SSSR count). The normalized spacial score (nSPS) is 10.5. The van der Waals surface area contributed by atoms with Gasteiger partial charge < -0.3 is 5.11 Å². The molecule has 0 radical (unpaired) electrons. The standard InChI is InChI=1S/C26H22O2S/c1-20-18-25(16-15-24(20)19-26(27)28)29-17-7-3-4-8-21-11-13-23(14-12-21)22-9-5-2-6-10-22/h2-3,5-7,9-16,18H,17,19H2,1H3,(H,27,28). The maximum absolute atomic E-state index is 10.8. The van der Waals surface area contributed by atoms with Gasteiger partial charge in [-0.25, -0.2) is 0 Å². The average Bonchev–Trinajstić information content (AvgIpc) is 2.73. The summed E-state index contributed by atoms with van der Waals surface area (Å²) in [5.41, 5.74) is 5.26. The van der Waals surface area contributed by atoms with Crippen molar-refractivity contribution in [1.29, 1.82) is 0 Å². The summed E-state index contributed by atoms with van der Waals surface area (Å²) in [5.74, 6) is 6.25. The van der Waals surface area contributed by atoms with Crippen molar-refractivity contribution in [3.8, 4) is 23.0 Å². The van der Waals surface area contributed by atoms with Crippen molar-refractivity contribution in [2.75, 3.05) is 5.75 Å².